The van der Waals surface area contributed by atoms with Crippen molar-refractivity contribution >= 4 is 11.8 Å². The topological polar surface area (TPSA) is 53.4 Å². The van der Waals surface area contributed by atoms with Crippen molar-refractivity contribution in [3.05, 3.63) is 22.9 Å². The van der Waals surface area contributed by atoms with E-state index in [9.17, 15) is 9.90 Å². The highest BCUT2D eigenvalue weighted by molar-refractivity contribution is 5.95. The number of anilines is 1. The fraction of sp³-hybridized carbons (Fsp3) is 0.571. The molecule has 4 heteroatoms. The van der Waals surface area contributed by atoms with Gasteiger partial charge in [-0.25, -0.2) is 9.78 Å². The van der Waals surface area contributed by atoms with Gasteiger partial charge in [0, 0.05) is 19.3 Å². The van der Waals surface area contributed by atoms with Gasteiger partial charge in [-0.3, -0.25) is 0 Å². The predicted octanol–water partition coefficient (Wildman–Crippen LogP) is 2.63. The zero-order chi connectivity index (χ0) is 13.3. The van der Waals surface area contributed by atoms with Crippen LogP contribution in [0.5, 0.6) is 0 Å². The van der Waals surface area contributed by atoms with Crippen LogP contribution in [0, 0.1) is 19.8 Å². The first-order chi connectivity index (χ1) is 8.49. The van der Waals surface area contributed by atoms with Crippen LogP contribution in [0.3, 0.4) is 0 Å². The fourth-order valence-corrected chi connectivity index (χ4v) is 2.51. The average molecular weight is 248 g/mol. The summed E-state index contributed by atoms with van der Waals surface area (Å²) in [5.74, 6) is 0.404. The van der Waals surface area contributed by atoms with Gasteiger partial charge in [-0.1, -0.05) is 6.42 Å². The molecular formula is C14H20N2O2. The normalized spacial score (nSPS) is 15.3. The van der Waals surface area contributed by atoms with Crippen LogP contribution < -0.4 is 4.90 Å². The number of pyridine rings is 1. The predicted molar refractivity (Wildman–Crippen MR) is 71.3 cm³/mol. The first-order valence-corrected chi connectivity index (χ1v) is 6.41. The van der Waals surface area contributed by atoms with Crippen LogP contribution in [0.4, 0.5) is 5.82 Å². The van der Waals surface area contributed by atoms with Crippen LogP contribution in [0.15, 0.2) is 6.07 Å². The molecule has 1 aromatic heterocycles. The highest BCUT2D eigenvalue weighted by Crippen LogP contribution is 2.29. The van der Waals surface area contributed by atoms with Gasteiger partial charge >= 0.3 is 5.97 Å². The smallest absolute Gasteiger partial charge is 0.339 e. The van der Waals surface area contributed by atoms with Gasteiger partial charge in [0.1, 0.15) is 11.4 Å². The Kier molecular flexibility index (Phi) is 3.55. The molecular weight excluding hydrogens is 228 g/mol. The Labute approximate surface area is 108 Å². The molecule has 0 spiro atoms. The summed E-state index contributed by atoms with van der Waals surface area (Å²) in [6.07, 6.45) is 3.79. The average Bonchev–Trinajstić information content (AvgIpc) is 2.21. The van der Waals surface area contributed by atoms with E-state index in [0.29, 0.717) is 17.3 Å². The molecule has 1 saturated carbocycles. The number of rotatable bonds is 4. The first-order valence-electron chi connectivity index (χ1n) is 6.41. The second-order valence-corrected chi connectivity index (χ2v) is 5.26. The molecule has 2 rings (SSSR count). The molecule has 1 N–H and O–H groups in total. The molecule has 1 aliphatic rings. The number of carboxylic acid groups (broad SMARTS) is 1. The van der Waals surface area contributed by atoms with Crippen LogP contribution in [-0.4, -0.2) is 29.7 Å². The number of carboxylic acids is 1. The van der Waals surface area contributed by atoms with Crippen molar-refractivity contribution in [3.63, 3.8) is 0 Å². The van der Waals surface area contributed by atoms with Crippen LogP contribution in [0.25, 0.3) is 0 Å². The Bertz CT molecular complexity index is 467. The Balaban J connectivity index is 2.31. The van der Waals surface area contributed by atoms with Gasteiger partial charge < -0.3 is 10.0 Å². The number of carbonyl (C=O) groups is 1. The summed E-state index contributed by atoms with van der Waals surface area (Å²) in [4.78, 5) is 17.8. The molecule has 4 nitrogen and oxygen atoms in total. The molecule has 0 saturated heterocycles. The lowest BCUT2D eigenvalue weighted by molar-refractivity contribution is 0.0696. The summed E-state index contributed by atoms with van der Waals surface area (Å²) in [7, 11) is 1.94. The molecule has 0 aromatic carbocycles. The highest BCUT2D eigenvalue weighted by atomic mass is 16.4. The van der Waals surface area contributed by atoms with E-state index in [0.717, 1.165) is 17.8 Å². The van der Waals surface area contributed by atoms with Crippen molar-refractivity contribution in [1.82, 2.24) is 4.98 Å². The zero-order valence-corrected chi connectivity index (χ0v) is 11.2. The number of aryl methyl sites for hydroxylation is 2. The molecule has 0 atom stereocenters. The minimum Gasteiger partial charge on any atom is -0.478 e. The van der Waals surface area contributed by atoms with E-state index in [1.807, 2.05) is 31.9 Å². The molecule has 1 heterocycles. The van der Waals surface area contributed by atoms with Gasteiger partial charge in [-0.2, -0.15) is 0 Å². The van der Waals surface area contributed by atoms with Gasteiger partial charge in [0.25, 0.3) is 0 Å². The SMILES string of the molecule is Cc1cc(C)c(C(=O)O)c(N(C)CC2CCC2)n1. The van der Waals surface area contributed by atoms with Crippen molar-refractivity contribution < 1.29 is 9.90 Å². The van der Waals surface area contributed by atoms with E-state index in [1.165, 1.54) is 19.3 Å². The zero-order valence-electron chi connectivity index (χ0n) is 11.2. The van der Waals surface area contributed by atoms with Crippen LogP contribution >= 0.6 is 0 Å². The fourth-order valence-electron chi connectivity index (χ4n) is 2.51. The Hall–Kier alpha value is -1.58. The number of aromatic carboxylic acids is 1. The maximum absolute atomic E-state index is 11.4. The molecule has 18 heavy (non-hydrogen) atoms. The minimum atomic E-state index is -0.893. The van der Waals surface area contributed by atoms with E-state index < -0.39 is 5.97 Å². The van der Waals surface area contributed by atoms with Crippen LogP contribution in [-0.2, 0) is 0 Å². The molecule has 1 aliphatic carbocycles. The molecule has 98 valence electrons. The van der Waals surface area contributed by atoms with Crippen molar-refractivity contribution in [2.24, 2.45) is 5.92 Å². The molecule has 0 amide bonds. The van der Waals surface area contributed by atoms with Gasteiger partial charge in [0.05, 0.1) is 0 Å². The number of hydrogen-bond donors (Lipinski definition) is 1. The lowest BCUT2D eigenvalue weighted by atomic mass is 9.85. The third-order valence-electron chi connectivity index (χ3n) is 3.66. The van der Waals surface area contributed by atoms with Gasteiger partial charge in [0.15, 0.2) is 0 Å². The summed E-state index contributed by atoms with van der Waals surface area (Å²) in [6, 6.07) is 1.82. The minimum absolute atomic E-state index is 0.336. The quantitative estimate of drug-likeness (QED) is 0.890. The van der Waals surface area contributed by atoms with E-state index in [-0.39, 0.29) is 0 Å². The summed E-state index contributed by atoms with van der Waals surface area (Å²) >= 11 is 0. The maximum Gasteiger partial charge on any atom is 0.339 e. The number of aromatic nitrogens is 1. The lowest BCUT2D eigenvalue weighted by Crippen LogP contribution is -2.31. The molecule has 0 aliphatic heterocycles. The molecule has 0 radical (unpaired) electrons. The maximum atomic E-state index is 11.4. The third kappa shape index (κ3) is 2.47. The van der Waals surface area contributed by atoms with Crippen molar-refractivity contribution in [2.75, 3.05) is 18.5 Å². The van der Waals surface area contributed by atoms with Crippen LogP contribution in [0.1, 0.15) is 40.9 Å². The van der Waals surface area contributed by atoms with E-state index >= 15 is 0 Å². The summed E-state index contributed by atoms with van der Waals surface area (Å²) in [5.41, 5.74) is 1.99. The summed E-state index contributed by atoms with van der Waals surface area (Å²) < 4.78 is 0. The second-order valence-electron chi connectivity index (χ2n) is 5.26. The highest BCUT2D eigenvalue weighted by Gasteiger charge is 2.23. The molecule has 1 aromatic rings. The largest absolute Gasteiger partial charge is 0.478 e. The Morgan fingerprint density at radius 1 is 1.50 bits per heavy atom. The van der Waals surface area contributed by atoms with Crippen molar-refractivity contribution in [2.45, 2.75) is 33.1 Å². The third-order valence-corrected chi connectivity index (χ3v) is 3.66. The van der Waals surface area contributed by atoms with Crippen LogP contribution in [0.2, 0.25) is 0 Å². The monoisotopic (exact) mass is 248 g/mol. The number of nitrogens with zero attached hydrogens (tertiary/aromatic N) is 2. The van der Waals surface area contributed by atoms with Gasteiger partial charge in [0.2, 0.25) is 0 Å². The van der Waals surface area contributed by atoms with Crippen molar-refractivity contribution in [3.8, 4) is 0 Å². The van der Waals surface area contributed by atoms with E-state index in [1.54, 1.807) is 0 Å². The van der Waals surface area contributed by atoms with Gasteiger partial charge in [-0.15, -0.1) is 0 Å². The molecule has 1 fully saturated rings. The first kappa shape index (κ1) is 12.9. The number of hydrogen-bond acceptors (Lipinski definition) is 3. The Morgan fingerprint density at radius 2 is 2.17 bits per heavy atom. The molecule has 0 bridgehead atoms. The summed E-state index contributed by atoms with van der Waals surface area (Å²) in [6.45, 7) is 4.63. The van der Waals surface area contributed by atoms with E-state index in [4.69, 9.17) is 0 Å². The lowest BCUT2D eigenvalue weighted by Gasteiger charge is -2.31. The molecule has 0 unspecified atom stereocenters. The Morgan fingerprint density at radius 3 is 2.67 bits per heavy atom. The standard InChI is InChI=1S/C14H20N2O2/c1-9-7-10(2)15-13(12(9)14(17)18)16(3)8-11-5-4-6-11/h7,11H,4-6,8H2,1-3H3,(H,17,18). The second kappa shape index (κ2) is 4.96. The van der Waals surface area contributed by atoms with E-state index in [2.05, 4.69) is 4.98 Å². The van der Waals surface area contributed by atoms with Crippen molar-refractivity contribution in [1.29, 1.82) is 0 Å². The summed E-state index contributed by atoms with van der Waals surface area (Å²) in [5, 5.41) is 9.32. The van der Waals surface area contributed by atoms with Gasteiger partial charge in [-0.05, 0) is 44.2 Å².